The van der Waals surface area contributed by atoms with Crippen LogP contribution in [0.25, 0.3) is 0 Å². The topological polar surface area (TPSA) is 38.7 Å². The van der Waals surface area contributed by atoms with Gasteiger partial charge >= 0.3 is 0 Å². The third-order valence-corrected chi connectivity index (χ3v) is 6.66. The summed E-state index contributed by atoms with van der Waals surface area (Å²) in [6, 6.07) is 20.3. The van der Waals surface area contributed by atoms with Gasteiger partial charge in [0.2, 0.25) is 11.4 Å². The number of carbonyl (C=O) groups excluding carboxylic acids is 1. The van der Waals surface area contributed by atoms with Gasteiger partial charge in [0, 0.05) is 11.1 Å². The number of oxime groups is 1. The molecule has 4 heteroatoms. The molecule has 3 aromatic carbocycles. The first-order valence-electron chi connectivity index (χ1n) is 10.7. The molecular weight excluding hydrogens is 389 g/mol. The Morgan fingerprint density at radius 1 is 1.00 bits per heavy atom. The smallest absolute Gasteiger partial charge is 0.212 e. The predicted molar refractivity (Wildman–Crippen MR) is 119 cm³/mol. The van der Waals surface area contributed by atoms with Gasteiger partial charge in [-0.2, -0.15) is 0 Å². The number of fused-ring (bicyclic) bond motifs is 1. The van der Waals surface area contributed by atoms with Gasteiger partial charge in [0.1, 0.15) is 5.82 Å². The minimum Gasteiger partial charge on any atom is -0.379 e. The van der Waals surface area contributed by atoms with Crippen molar-refractivity contribution in [3.05, 3.63) is 106 Å². The second-order valence-electron chi connectivity index (χ2n) is 8.58. The molecule has 2 unspecified atom stereocenters. The van der Waals surface area contributed by atoms with E-state index in [1.807, 2.05) is 43.3 Å². The van der Waals surface area contributed by atoms with Crippen LogP contribution in [0.5, 0.6) is 0 Å². The standard InChI is InChI=1S/C27H24FNO2/c1-17-15-21-9-6-14-27(26(30)23(21)16-18(17)2)24(19-7-4-3-5-8-19)25(29-31-27)20-10-12-22(28)13-11-20/h3-5,7-8,10-13,15-16,24H,6,9,14H2,1-2H3. The highest BCUT2D eigenvalue weighted by Gasteiger charge is 2.56. The van der Waals surface area contributed by atoms with Crippen LogP contribution in [0.3, 0.4) is 0 Å². The molecule has 2 aliphatic rings. The average Bonchev–Trinajstić information content (AvgIpc) is 3.11. The second kappa shape index (κ2) is 7.45. The van der Waals surface area contributed by atoms with Crippen LogP contribution in [-0.4, -0.2) is 17.1 Å². The number of Topliss-reactive ketones (excluding diaryl/α,β-unsaturated/α-hetero) is 1. The average molecular weight is 413 g/mol. The lowest BCUT2D eigenvalue weighted by Gasteiger charge is -2.31. The van der Waals surface area contributed by atoms with Crippen molar-refractivity contribution >= 4 is 11.5 Å². The number of nitrogens with zero attached hydrogens (tertiary/aromatic N) is 1. The number of hydrogen-bond acceptors (Lipinski definition) is 3. The van der Waals surface area contributed by atoms with Crippen LogP contribution < -0.4 is 0 Å². The Hall–Kier alpha value is -3.27. The molecule has 156 valence electrons. The first-order chi connectivity index (χ1) is 15.0. The molecule has 1 heterocycles. The number of hydrogen-bond donors (Lipinski definition) is 0. The minimum atomic E-state index is -1.10. The monoisotopic (exact) mass is 413 g/mol. The molecule has 0 aromatic heterocycles. The van der Waals surface area contributed by atoms with Crippen LogP contribution in [-0.2, 0) is 11.3 Å². The summed E-state index contributed by atoms with van der Waals surface area (Å²) >= 11 is 0. The number of rotatable bonds is 2. The molecule has 1 aliphatic heterocycles. The van der Waals surface area contributed by atoms with E-state index in [0.29, 0.717) is 12.1 Å². The highest BCUT2D eigenvalue weighted by molar-refractivity contribution is 6.14. The van der Waals surface area contributed by atoms with Crippen LogP contribution in [0, 0.1) is 19.7 Å². The second-order valence-corrected chi connectivity index (χ2v) is 8.58. The first-order valence-corrected chi connectivity index (χ1v) is 10.7. The molecule has 3 aromatic rings. The van der Waals surface area contributed by atoms with Crippen molar-refractivity contribution in [2.45, 2.75) is 44.6 Å². The Balaban J connectivity index is 1.67. The van der Waals surface area contributed by atoms with Gasteiger partial charge in [-0.15, -0.1) is 0 Å². The molecule has 2 atom stereocenters. The molecule has 0 fully saturated rings. The summed E-state index contributed by atoms with van der Waals surface area (Å²) in [6.45, 7) is 4.11. The zero-order chi connectivity index (χ0) is 21.6. The zero-order valence-electron chi connectivity index (χ0n) is 17.7. The van der Waals surface area contributed by atoms with Gasteiger partial charge in [0.25, 0.3) is 0 Å². The van der Waals surface area contributed by atoms with Crippen molar-refractivity contribution in [2.75, 3.05) is 0 Å². The van der Waals surface area contributed by atoms with Crippen molar-refractivity contribution in [3.63, 3.8) is 0 Å². The summed E-state index contributed by atoms with van der Waals surface area (Å²) < 4.78 is 13.6. The van der Waals surface area contributed by atoms with E-state index >= 15 is 0 Å². The summed E-state index contributed by atoms with van der Waals surface area (Å²) in [5, 5.41) is 4.45. The highest BCUT2D eigenvalue weighted by atomic mass is 19.1. The van der Waals surface area contributed by atoms with Crippen LogP contribution in [0.1, 0.15) is 56.9 Å². The van der Waals surface area contributed by atoms with Crippen LogP contribution >= 0.6 is 0 Å². The van der Waals surface area contributed by atoms with E-state index in [2.05, 4.69) is 18.1 Å². The Kier molecular flexibility index (Phi) is 4.73. The molecule has 1 aliphatic carbocycles. The Morgan fingerprint density at radius 3 is 2.45 bits per heavy atom. The molecule has 31 heavy (non-hydrogen) atoms. The quantitative estimate of drug-likeness (QED) is 0.523. The van der Waals surface area contributed by atoms with Gasteiger partial charge in [-0.25, -0.2) is 4.39 Å². The van der Waals surface area contributed by atoms with E-state index in [4.69, 9.17) is 4.84 Å². The Labute approximate surface area is 181 Å². The molecule has 0 bridgehead atoms. The lowest BCUT2D eigenvalue weighted by atomic mass is 9.72. The van der Waals surface area contributed by atoms with Crippen LogP contribution in [0.15, 0.2) is 71.9 Å². The molecule has 0 saturated carbocycles. The van der Waals surface area contributed by atoms with Crippen molar-refractivity contribution in [2.24, 2.45) is 5.16 Å². The molecule has 5 rings (SSSR count). The van der Waals surface area contributed by atoms with Gasteiger partial charge in [0.05, 0.1) is 11.6 Å². The molecule has 0 amide bonds. The van der Waals surface area contributed by atoms with E-state index in [1.54, 1.807) is 12.1 Å². The summed E-state index contributed by atoms with van der Waals surface area (Å²) in [7, 11) is 0. The maximum Gasteiger partial charge on any atom is 0.212 e. The lowest BCUT2D eigenvalue weighted by molar-refractivity contribution is -0.0170. The van der Waals surface area contributed by atoms with Crippen molar-refractivity contribution < 1.29 is 14.0 Å². The summed E-state index contributed by atoms with van der Waals surface area (Å²) in [5.41, 5.74) is 5.42. The third-order valence-electron chi connectivity index (χ3n) is 6.66. The fraction of sp³-hybridized carbons (Fsp3) is 0.259. The summed E-state index contributed by atoms with van der Waals surface area (Å²) in [4.78, 5) is 20.2. The maximum atomic E-state index is 14.1. The predicted octanol–water partition coefficient (Wildman–Crippen LogP) is 5.92. The molecule has 1 spiro atoms. The number of halogens is 1. The number of aryl methyl sites for hydroxylation is 3. The summed E-state index contributed by atoms with van der Waals surface area (Å²) in [5.74, 6) is -0.684. The molecule has 0 saturated heterocycles. The number of ketones is 1. The van der Waals surface area contributed by atoms with Crippen molar-refractivity contribution in [3.8, 4) is 0 Å². The van der Waals surface area contributed by atoms with E-state index in [9.17, 15) is 9.18 Å². The van der Waals surface area contributed by atoms with E-state index < -0.39 is 5.60 Å². The first kappa shape index (κ1) is 19.7. The summed E-state index contributed by atoms with van der Waals surface area (Å²) in [6.07, 6.45) is 2.24. The fourth-order valence-corrected chi connectivity index (χ4v) is 4.91. The molecule has 3 nitrogen and oxygen atoms in total. The lowest BCUT2D eigenvalue weighted by Crippen LogP contribution is -2.45. The molecular formula is C27H24FNO2. The molecule has 0 radical (unpaired) electrons. The van der Waals surface area contributed by atoms with E-state index in [1.165, 1.54) is 17.7 Å². The normalized spacial score (nSPS) is 22.6. The van der Waals surface area contributed by atoms with Crippen LogP contribution in [0.2, 0.25) is 0 Å². The van der Waals surface area contributed by atoms with Gasteiger partial charge in [0.15, 0.2) is 0 Å². The molecule has 0 N–H and O–H groups in total. The van der Waals surface area contributed by atoms with Gasteiger partial charge in [-0.1, -0.05) is 53.7 Å². The van der Waals surface area contributed by atoms with Crippen LogP contribution in [0.4, 0.5) is 4.39 Å². The Bertz CT molecular complexity index is 1180. The van der Waals surface area contributed by atoms with E-state index in [-0.39, 0.29) is 17.5 Å². The minimum absolute atomic E-state index is 0.0159. The van der Waals surface area contributed by atoms with E-state index in [0.717, 1.165) is 40.7 Å². The Morgan fingerprint density at radius 2 is 1.71 bits per heavy atom. The van der Waals surface area contributed by atoms with Gasteiger partial charge < -0.3 is 4.84 Å². The zero-order valence-corrected chi connectivity index (χ0v) is 17.7. The third kappa shape index (κ3) is 3.18. The SMILES string of the molecule is Cc1cc2c(cc1C)C(=O)C1(CCC2)ON=C(c2ccc(F)cc2)C1c1ccccc1. The van der Waals surface area contributed by atoms with Crippen molar-refractivity contribution in [1.82, 2.24) is 0 Å². The number of carbonyl (C=O) groups is 1. The largest absolute Gasteiger partial charge is 0.379 e. The number of benzene rings is 3. The maximum absolute atomic E-state index is 14.1. The van der Waals surface area contributed by atoms with Crippen molar-refractivity contribution in [1.29, 1.82) is 0 Å². The van der Waals surface area contributed by atoms with Gasteiger partial charge in [-0.3, -0.25) is 4.79 Å². The highest BCUT2D eigenvalue weighted by Crippen LogP contribution is 2.47. The fourth-order valence-electron chi connectivity index (χ4n) is 4.91. The van der Waals surface area contributed by atoms with Gasteiger partial charge in [-0.05, 0) is 73.6 Å².